The van der Waals surface area contributed by atoms with Crippen molar-refractivity contribution in [1.29, 1.82) is 0 Å². The second kappa shape index (κ2) is 7.19. The predicted molar refractivity (Wildman–Crippen MR) is 110 cm³/mol. The Labute approximate surface area is 168 Å². The fourth-order valence-corrected chi connectivity index (χ4v) is 8.52. The number of rotatable bonds is 4. The number of ether oxygens (including phenoxy) is 1. The van der Waals surface area contributed by atoms with Gasteiger partial charge in [-0.1, -0.05) is 35.0 Å². The molecule has 0 unspecified atom stereocenters. The average molecular weight is 425 g/mol. The number of halogens is 1. The van der Waals surface area contributed by atoms with E-state index in [2.05, 4.69) is 29.4 Å². The summed E-state index contributed by atoms with van der Waals surface area (Å²) in [7, 11) is 1.72. The zero-order chi connectivity index (χ0) is 18.5. The van der Waals surface area contributed by atoms with Crippen LogP contribution in [0, 0.1) is 40.9 Å². The highest BCUT2D eigenvalue weighted by Crippen LogP contribution is 2.65. The van der Waals surface area contributed by atoms with Crippen molar-refractivity contribution in [3.8, 4) is 0 Å². The molecule has 4 rings (SSSR count). The number of hydrogen-bond acceptors (Lipinski definition) is 2. The Morgan fingerprint density at radius 3 is 2.58 bits per heavy atom. The molecule has 4 fully saturated rings. The quantitative estimate of drug-likeness (QED) is 0.470. The molecule has 3 heteroatoms. The first kappa shape index (κ1) is 19.5. The largest absolute Gasteiger partial charge is 0.387 e. The highest BCUT2D eigenvalue weighted by atomic mass is 79.9. The van der Waals surface area contributed by atoms with E-state index in [1.807, 2.05) is 0 Å². The summed E-state index contributed by atoms with van der Waals surface area (Å²) in [5, 5.41) is 11.9. The third-order valence-corrected chi connectivity index (χ3v) is 9.90. The maximum Gasteiger partial charge on any atom is 0.0882 e. The third-order valence-electron chi connectivity index (χ3n) is 9.18. The molecule has 8 atom stereocenters. The van der Waals surface area contributed by atoms with Gasteiger partial charge in [-0.15, -0.1) is 0 Å². The first-order valence-corrected chi connectivity index (χ1v) is 12.0. The van der Waals surface area contributed by atoms with E-state index >= 15 is 0 Å². The van der Waals surface area contributed by atoms with Gasteiger partial charge in [0.15, 0.2) is 0 Å². The lowest BCUT2D eigenvalue weighted by Crippen LogP contribution is -2.52. The lowest BCUT2D eigenvalue weighted by atomic mass is 9.49. The molecule has 0 aromatic rings. The van der Waals surface area contributed by atoms with Crippen molar-refractivity contribution in [2.24, 2.45) is 40.9 Å². The standard InChI is InChI=1S/C23H37BrO2/c1-15(13-24)20-6-7-21-19-5-4-16-12-23(25,14-26-3)11-9-17(16)18(19)8-10-22(20,21)2/h16-21,25H,1,4-14H2,2-3H3/t16-,17-,18+,19+,20+,21-,22+,23+/m0/s1. The molecule has 4 saturated carbocycles. The van der Waals surface area contributed by atoms with Gasteiger partial charge in [0.05, 0.1) is 12.2 Å². The maximum atomic E-state index is 10.9. The number of aliphatic hydroxyl groups is 1. The van der Waals surface area contributed by atoms with Crippen molar-refractivity contribution < 1.29 is 9.84 Å². The van der Waals surface area contributed by atoms with Crippen LogP contribution in [0.15, 0.2) is 12.2 Å². The van der Waals surface area contributed by atoms with Gasteiger partial charge >= 0.3 is 0 Å². The predicted octanol–water partition coefficient (Wildman–Crippen LogP) is 5.58. The van der Waals surface area contributed by atoms with Crippen molar-refractivity contribution in [3.63, 3.8) is 0 Å². The van der Waals surface area contributed by atoms with Gasteiger partial charge in [-0.3, -0.25) is 0 Å². The second-order valence-corrected chi connectivity index (χ2v) is 10.9. The van der Waals surface area contributed by atoms with Crippen LogP contribution in [0.25, 0.3) is 0 Å². The molecule has 0 spiro atoms. The van der Waals surface area contributed by atoms with E-state index in [-0.39, 0.29) is 0 Å². The van der Waals surface area contributed by atoms with Gasteiger partial charge in [0.25, 0.3) is 0 Å². The van der Waals surface area contributed by atoms with Gasteiger partial charge < -0.3 is 9.84 Å². The van der Waals surface area contributed by atoms with E-state index < -0.39 is 5.60 Å². The van der Waals surface area contributed by atoms with Crippen molar-refractivity contribution in [1.82, 2.24) is 0 Å². The third kappa shape index (κ3) is 3.05. The summed E-state index contributed by atoms with van der Waals surface area (Å²) in [6.07, 6.45) is 11.4. The van der Waals surface area contributed by atoms with Gasteiger partial charge in [-0.25, -0.2) is 0 Å². The van der Waals surface area contributed by atoms with Gasteiger partial charge in [-0.05, 0) is 98.7 Å². The number of hydrogen-bond donors (Lipinski definition) is 1. The van der Waals surface area contributed by atoms with Gasteiger partial charge in [0.1, 0.15) is 0 Å². The molecular formula is C23H37BrO2. The van der Waals surface area contributed by atoms with E-state index in [1.165, 1.54) is 50.5 Å². The zero-order valence-electron chi connectivity index (χ0n) is 16.7. The van der Waals surface area contributed by atoms with Crippen LogP contribution in [0.1, 0.15) is 64.7 Å². The van der Waals surface area contributed by atoms with Gasteiger partial charge in [0.2, 0.25) is 0 Å². The monoisotopic (exact) mass is 424 g/mol. The number of methoxy groups -OCH3 is 1. The Bertz CT molecular complexity index is 548. The molecule has 0 saturated heterocycles. The van der Waals surface area contributed by atoms with E-state index in [4.69, 9.17) is 4.74 Å². The zero-order valence-corrected chi connectivity index (χ0v) is 18.3. The summed E-state index contributed by atoms with van der Waals surface area (Å²) in [5.74, 6) is 5.05. The summed E-state index contributed by atoms with van der Waals surface area (Å²) < 4.78 is 5.32. The molecule has 0 heterocycles. The van der Waals surface area contributed by atoms with Crippen LogP contribution in [0.2, 0.25) is 0 Å². The Morgan fingerprint density at radius 2 is 1.85 bits per heavy atom. The first-order valence-electron chi connectivity index (χ1n) is 10.9. The minimum Gasteiger partial charge on any atom is -0.387 e. The van der Waals surface area contributed by atoms with E-state index in [9.17, 15) is 5.11 Å². The summed E-state index contributed by atoms with van der Waals surface area (Å²) in [5.41, 5.74) is 1.37. The van der Waals surface area contributed by atoms with Crippen LogP contribution in [0.4, 0.5) is 0 Å². The Hall–Kier alpha value is 0.140. The van der Waals surface area contributed by atoms with E-state index in [1.54, 1.807) is 7.11 Å². The molecule has 2 nitrogen and oxygen atoms in total. The number of allylic oxidation sites excluding steroid dienone is 1. The first-order chi connectivity index (χ1) is 12.4. The van der Waals surface area contributed by atoms with Crippen LogP contribution in [-0.2, 0) is 4.74 Å². The number of alkyl halides is 1. The Balaban J connectivity index is 1.50. The molecule has 1 N–H and O–H groups in total. The number of fused-ring (bicyclic) bond motifs is 5. The molecule has 4 aliphatic rings. The minimum atomic E-state index is -0.558. The second-order valence-electron chi connectivity index (χ2n) is 10.3. The summed E-state index contributed by atoms with van der Waals surface area (Å²) in [6.45, 7) is 7.51. The molecule has 0 aromatic carbocycles. The van der Waals surface area contributed by atoms with Crippen molar-refractivity contribution in [2.45, 2.75) is 70.3 Å². The van der Waals surface area contributed by atoms with Crippen LogP contribution < -0.4 is 0 Å². The molecule has 148 valence electrons. The molecule has 26 heavy (non-hydrogen) atoms. The van der Waals surface area contributed by atoms with Crippen LogP contribution in [0.5, 0.6) is 0 Å². The van der Waals surface area contributed by atoms with Crippen molar-refractivity contribution >= 4 is 15.9 Å². The minimum absolute atomic E-state index is 0.490. The van der Waals surface area contributed by atoms with E-state index in [0.717, 1.165) is 53.7 Å². The molecule has 4 aliphatic carbocycles. The summed E-state index contributed by atoms with van der Waals surface area (Å²) in [4.78, 5) is 0. The Kier molecular flexibility index (Phi) is 5.38. The highest BCUT2D eigenvalue weighted by Gasteiger charge is 2.57. The molecular weight excluding hydrogens is 388 g/mol. The molecule has 0 aliphatic heterocycles. The van der Waals surface area contributed by atoms with Crippen LogP contribution in [0.3, 0.4) is 0 Å². The average Bonchev–Trinajstić information content (AvgIpc) is 2.98. The lowest BCUT2D eigenvalue weighted by molar-refractivity contribution is -0.123. The normalized spacial score (nSPS) is 50.6. The smallest absolute Gasteiger partial charge is 0.0882 e. The summed E-state index contributed by atoms with van der Waals surface area (Å²) >= 11 is 3.67. The highest BCUT2D eigenvalue weighted by molar-refractivity contribution is 9.09. The van der Waals surface area contributed by atoms with Gasteiger partial charge in [0, 0.05) is 12.4 Å². The fraction of sp³-hybridized carbons (Fsp3) is 0.913. The molecule has 0 aromatic heterocycles. The molecule has 0 amide bonds. The van der Waals surface area contributed by atoms with Gasteiger partial charge in [-0.2, -0.15) is 0 Å². The summed E-state index contributed by atoms with van der Waals surface area (Å²) in [6, 6.07) is 0. The van der Waals surface area contributed by atoms with E-state index in [0.29, 0.717) is 12.0 Å². The fourth-order valence-electron chi connectivity index (χ4n) is 8.13. The molecule has 0 radical (unpaired) electrons. The maximum absolute atomic E-state index is 10.9. The topological polar surface area (TPSA) is 29.5 Å². The molecule has 0 bridgehead atoms. The SMILES string of the molecule is C=C(CBr)[C@H]1CC[C@H]2[C@@H]3CC[C@H]4C[C@@](O)(COC)CC[C@@H]4[C@H]3CC[C@]12C. The van der Waals surface area contributed by atoms with Crippen LogP contribution >= 0.6 is 15.9 Å². The Morgan fingerprint density at radius 1 is 1.08 bits per heavy atom. The van der Waals surface area contributed by atoms with Crippen LogP contribution in [-0.4, -0.2) is 29.8 Å². The lowest BCUT2D eigenvalue weighted by Gasteiger charge is -2.57. The van der Waals surface area contributed by atoms with Crippen molar-refractivity contribution in [2.75, 3.05) is 19.0 Å². The van der Waals surface area contributed by atoms with Crippen molar-refractivity contribution in [3.05, 3.63) is 12.2 Å².